The summed E-state index contributed by atoms with van der Waals surface area (Å²) in [7, 11) is -3.61. The number of fused-ring (bicyclic) bond motifs is 1. The molecule has 0 atom stereocenters. The number of anilines is 2. The number of amides is 1. The lowest BCUT2D eigenvalue weighted by atomic mass is 9.98. The van der Waals surface area contributed by atoms with Crippen molar-refractivity contribution in [3.63, 3.8) is 0 Å². The van der Waals surface area contributed by atoms with Gasteiger partial charge in [-0.2, -0.15) is 0 Å². The number of nitrogens with zero attached hydrogens (tertiary/aromatic N) is 1. The van der Waals surface area contributed by atoms with E-state index in [9.17, 15) is 13.2 Å². The van der Waals surface area contributed by atoms with Crippen molar-refractivity contribution in [2.24, 2.45) is 0 Å². The first-order chi connectivity index (χ1) is 14.3. The number of hydrogen-bond acceptors (Lipinski definition) is 4. The van der Waals surface area contributed by atoms with Crippen LogP contribution in [0.3, 0.4) is 0 Å². The van der Waals surface area contributed by atoms with Gasteiger partial charge >= 0.3 is 0 Å². The first kappa shape index (κ1) is 22.3. The SMILES string of the molecule is CCCN1CCCc2cc(CCNS(=O)(=O)c3ccc(NC(C)=O)cc3C)ccc21. The molecule has 0 saturated heterocycles. The molecule has 0 unspecified atom stereocenters. The molecule has 7 heteroatoms. The summed E-state index contributed by atoms with van der Waals surface area (Å²) in [6.45, 7) is 7.87. The molecule has 0 bridgehead atoms. The van der Waals surface area contributed by atoms with Gasteiger partial charge in [0.2, 0.25) is 15.9 Å². The van der Waals surface area contributed by atoms with Crippen molar-refractivity contribution < 1.29 is 13.2 Å². The predicted molar refractivity (Wildman–Crippen MR) is 122 cm³/mol. The lowest BCUT2D eigenvalue weighted by Crippen LogP contribution is -2.30. The van der Waals surface area contributed by atoms with E-state index in [2.05, 4.69) is 40.1 Å². The summed E-state index contributed by atoms with van der Waals surface area (Å²) in [5.41, 5.74) is 5.01. The second-order valence-electron chi connectivity index (χ2n) is 7.86. The third kappa shape index (κ3) is 5.40. The average Bonchev–Trinajstić information content (AvgIpc) is 2.67. The molecule has 30 heavy (non-hydrogen) atoms. The zero-order valence-electron chi connectivity index (χ0n) is 18.0. The Hall–Kier alpha value is -2.38. The van der Waals surface area contributed by atoms with Crippen LogP contribution >= 0.6 is 0 Å². The fourth-order valence-electron chi connectivity index (χ4n) is 4.03. The molecule has 1 aliphatic rings. The van der Waals surface area contributed by atoms with Crippen molar-refractivity contribution >= 4 is 27.3 Å². The van der Waals surface area contributed by atoms with Gasteiger partial charge in [0, 0.05) is 37.9 Å². The van der Waals surface area contributed by atoms with Crippen molar-refractivity contribution in [3.05, 3.63) is 53.1 Å². The normalized spacial score (nSPS) is 13.8. The van der Waals surface area contributed by atoms with Gasteiger partial charge in [0.05, 0.1) is 4.90 Å². The second-order valence-corrected chi connectivity index (χ2v) is 9.60. The lowest BCUT2D eigenvalue weighted by molar-refractivity contribution is -0.114. The van der Waals surface area contributed by atoms with Crippen molar-refractivity contribution in [1.29, 1.82) is 0 Å². The fraction of sp³-hybridized carbons (Fsp3) is 0.435. The highest BCUT2D eigenvalue weighted by Crippen LogP contribution is 2.28. The molecule has 0 radical (unpaired) electrons. The molecule has 2 N–H and O–H groups in total. The maximum atomic E-state index is 12.7. The van der Waals surface area contributed by atoms with Crippen LogP contribution in [0.15, 0.2) is 41.3 Å². The summed E-state index contributed by atoms with van der Waals surface area (Å²) in [4.78, 5) is 13.9. The number of carbonyl (C=O) groups is 1. The Morgan fingerprint density at radius 1 is 1.17 bits per heavy atom. The molecule has 2 aromatic rings. The Morgan fingerprint density at radius 3 is 2.67 bits per heavy atom. The van der Waals surface area contributed by atoms with Crippen LogP contribution in [-0.2, 0) is 27.7 Å². The molecule has 0 fully saturated rings. The number of sulfonamides is 1. The molecule has 2 aromatic carbocycles. The fourth-order valence-corrected chi connectivity index (χ4v) is 5.28. The molecular weight excluding hydrogens is 398 g/mol. The van der Waals surface area contributed by atoms with Gasteiger partial charge in [-0.3, -0.25) is 4.79 Å². The minimum atomic E-state index is -3.61. The van der Waals surface area contributed by atoms with Gasteiger partial charge in [-0.15, -0.1) is 0 Å². The van der Waals surface area contributed by atoms with Crippen LogP contribution in [0.1, 0.15) is 43.4 Å². The summed E-state index contributed by atoms with van der Waals surface area (Å²) in [6.07, 6.45) is 4.02. The molecule has 0 spiro atoms. The summed E-state index contributed by atoms with van der Waals surface area (Å²) >= 11 is 0. The Bertz CT molecular complexity index is 1020. The van der Waals surface area contributed by atoms with E-state index in [-0.39, 0.29) is 10.8 Å². The smallest absolute Gasteiger partial charge is 0.240 e. The van der Waals surface area contributed by atoms with E-state index in [1.165, 1.54) is 24.2 Å². The Balaban J connectivity index is 1.64. The number of nitrogens with one attached hydrogen (secondary N) is 2. The molecule has 1 heterocycles. The van der Waals surface area contributed by atoms with Crippen LogP contribution < -0.4 is 14.9 Å². The Kier molecular flexibility index (Phi) is 7.15. The van der Waals surface area contributed by atoms with E-state index >= 15 is 0 Å². The van der Waals surface area contributed by atoms with Crippen LogP contribution in [-0.4, -0.2) is 34.0 Å². The molecule has 1 amide bonds. The summed E-state index contributed by atoms with van der Waals surface area (Å²) < 4.78 is 28.1. The highest BCUT2D eigenvalue weighted by atomic mass is 32.2. The van der Waals surface area contributed by atoms with Crippen LogP contribution in [0.5, 0.6) is 0 Å². The molecule has 1 aliphatic heterocycles. The predicted octanol–water partition coefficient (Wildman–Crippen LogP) is 3.64. The lowest BCUT2D eigenvalue weighted by Gasteiger charge is -2.31. The van der Waals surface area contributed by atoms with Crippen LogP contribution in [0.25, 0.3) is 0 Å². The van der Waals surface area contributed by atoms with Gasteiger partial charge in [0.15, 0.2) is 0 Å². The number of benzene rings is 2. The van der Waals surface area contributed by atoms with Gasteiger partial charge in [-0.1, -0.05) is 19.1 Å². The quantitative estimate of drug-likeness (QED) is 0.672. The minimum Gasteiger partial charge on any atom is -0.371 e. The Labute approximate surface area is 179 Å². The molecule has 0 aliphatic carbocycles. The largest absolute Gasteiger partial charge is 0.371 e. The first-order valence-electron chi connectivity index (χ1n) is 10.5. The monoisotopic (exact) mass is 429 g/mol. The van der Waals surface area contributed by atoms with Crippen LogP contribution in [0, 0.1) is 6.92 Å². The summed E-state index contributed by atoms with van der Waals surface area (Å²) in [5.74, 6) is -0.189. The molecule has 0 saturated carbocycles. The van der Waals surface area contributed by atoms with Gasteiger partial charge in [0.1, 0.15) is 0 Å². The summed E-state index contributed by atoms with van der Waals surface area (Å²) in [5, 5.41) is 2.67. The van der Waals surface area contributed by atoms with Crippen LogP contribution in [0.4, 0.5) is 11.4 Å². The highest BCUT2D eigenvalue weighted by molar-refractivity contribution is 7.89. The maximum absolute atomic E-state index is 12.7. The van der Waals surface area contributed by atoms with Gasteiger partial charge in [0.25, 0.3) is 0 Å². The van der Waals surface area contributed by atoms with Gasteiger partial charge < -0.3 is 10.2 Å². The van der Waals surface area contributed by atoms with Crippen molar-refractivity contribution in [1.82, 2.24) is 4.72 Å². The molecule has 0 aromatic heterocycles. The Morgan fingerprint density at radius 2 is 1.97 bits per heavy atom. The molecular formula is C23H31N3O3S. The van der Waals surface area contributed by atoms with E-state index < -0.39 is 10.0 Å². The van der Waals surface area contributed by atoms with E-state index in [1.807, 2.05) is 0 Å². The number of aryl methyl sites for hydroxylation is 2. The number of carbonyl (C=O) groups excluding carboxylic acids is 1. The van der Waals surface area contributed by atoms with E-state index in [4.69, 9.17) is 0 Å². The van der Waals surface area contributed by atoms with Crippen LogP contribution in [0.2, 0.25) is 0 Å². The van der Waals surface area contributed by atoms with E-state index in [0.29, 0.717) is 24.2 Å². The number of rotatable bonds is 8. The van der Waals surface area contributed by atoms with Crippen molar-refractivity contribution in [2.45, 2.75) is 51.3 Å². The first-order valence-corrected chi connectivity index (χ1v) is 12.0. The molecule has 6 nitrogen and oxygen atoms in total. The highest BCUT2D eigenvalue weighted by Gasteiger charge is 2.18. The third-order valence-electron chi connectivity index (χ3n) is 5.34. The standard InChI is InChI=1S/C23H31N3O3S/c1-4-13-26-14-5-6-20-16-19(7-9-22(20)26)11-12-24-30(28,29)23-10-8-21(15-17(23)2)25-18(3)27/h7-10,15-16,24H,4-6,11-14H2,1-3H3,(H,25,27). The van der Waals surface area contributed by atoms with Crippen molar-refractivity contribution in [3.8, 4) is 0 Å². The zero-order chi connectivity index (χ0) is 21.7. The maximum Gasteiger partial charge on any atom is 0.240 e. The summed E-state index contributed by atoms with van der Waals surface area (Å²) in [6, 6.07) is 11.3. The minimum absolute atomic E-state index is 0.189. The number of hydrogen-bond donors (Lipinski definition) is 2. The second kappa shape index (κ2) is 9.62. The van der Waals surface area contributed by atoms with Gasteiger partial charge in [-0.05, 0) is 73.6 Å². The topological polar surface area (TPSA) is 78.5 Å². The zero-order valence-corrected chi connectivity index (χ0v) is 18.8. The van der Waals surface area contributed by atoms with Crippen molar-refractivity contribution in [2.75, 3.05) is 29.9 Å². The molecule has 162 valence electrons. The van der Waals surface area contributed by atoms with E-state index in [1.54, 1.807) is 19.1 Å². The van der Waals surface area contributed by atoms with Gasteiger partial charge in [-0.25, -0.2) is 13.1 Å². The third-order valence-corrected chi connectivity index (χ3v) is 6.96. The molecule has 3 rings (SSSR count). The average molecular weight is 430 g/mol. The van der Waals surface area contributed by atoms with E-state index in [0.717, 1.165) is 37.9 Å².